The van der Waals surface area contributed by atoms with Gasteiger partial charge < -0.3 is 15.5 Å². The zero-order valence-corrected chi connectivity index (χ0v) is 11.4. The van der Waals surface area contributed by atoms with Gasteiger partial charge in [0.25, 0.3) is 0 Å². The van der Waals surface area contributed by atoms with Crippen molar-refractivity contribution in [2.75, 3.05) is 7.11 Å². The molecule has 0 aliphatic carbocycles. The normalized spacial score (nSPS) is 10.7. The maximum atomic E-state index is 6.13. The van der Waals surface area contributed by atoms with Crippen LogP contribution in [0.1, 0.15) is 17.0 Å². The summed E-state index contributed by atoms with van der Waals surface area (Å²) in [7, 11) is 1.67. The second-order valence-electron chi connectivity index (χ2n) is 4.19. The van der Waals surface area contributed by atoms with Gasteiger partial charge in [-0.1, -0.05) is 11.6 Å². The summed E-state index contributed by atoms with van der Waals surface area (Å²) in [6.07, 6.45) is 0. The Kier molecular flexibility index (Phi) is 3.59. The summed E-state index contributed by atoms with van der Waals surface area (Å²) in [5.41, 5.74) is 9.35. The largest absolute Gasteiger partial charge is 0.496 e. The Hall–Kier alpha value is -1.52. The summed E-state index contributed by atoms with van der Waals surface area (Å²) in [4.78, 5) is 7.34. The van der Waals surface area contributed by atoms with Crippen LogP contribution < -0.4 is 10.5 Å². The zero-order chi connectivity index (χ0) is 13.3. The Morgan fingerprint density at radius 2 is 1.94 bits per heavy atom. The second kappa shape index (κ2) is 5.00. The zero-order valence-electron chi connectivity index (χ0n) is 10.7. The van der Waals surface area contributed by atoms with E-state index >= 15 is 0 Å². The van der Waals surface area contributed by atoms with Gasteiger partial charge in [-0.2, -0.15) is 0 Å². The molecular weight excluding hydrogens is 250 g/mol. The van der Waals surface area contributed by atoms with Gasteiger partial charge in [-0.15, -0.1) is 0 Å². The first-order chi connectivity index (χ1) is 8.56. The second-order valence-corrected chi connectivity index (χ2v) is 4.57. The molecule has 3 N–H and O–H groups in total. The van der Waals surface area contributed by atoms with Crippen molar-refractivity contribution in [3.63, 3.8) is 0 Å². The van der Waals surface area contributed by atoms with Gasteiger partial charge >= 0.3 is 0 Å². The Morgan fingerprint density at radius 3 is 2.39 bits per heavy atom. The fraction of sp³-hybridized carbons (Fsp3) is 0.308. The van der Waals surface area contributed by atoms with E-state index in [1.54, 1.807) is 7.11 Å². The lowest BCUT2D eigenvalue weighted by Crippen LogP contribution is -1.98. The molecule has 0 spiro atoms. The quantitative estimate of drug-likeness (QED) is 0.897. The minimum Gasteiger partial charge on any atom is -0.496 e. The third-order valence-electron chi connectivity index (χ3n) is 2.84. The fourth-order valence-electron chi connectivity index (χ4n) is 2.09. The van der Waals surface area contributed by atoms with Gasteiger partial charge in [-0.3, -0.25) is 0 Å². The van der Waals surface area contributed by atoms with Gasteiger partial charge in [-0.25, -0.2) is 4.98 Å². The average Bonchev–Trinajstić information content (AvgIpc) is 2.70. The number of H-pyrrole nitrogens is 1. The predicted octanol–water partition coefficient (Wildman–Crippen LogP) is 2.81. The van der Waals surface area contributed by atoms with Crippen molar-refractivity contribution in [3.8, 4) is 17.0 Å². The summed E-state index contributed by atoms with van der Waals surface area (Å²) in [5.74, 6) is 1.57. The molecule has 0 atom stereocenters. The number of halogens is 1. The summed E-state index contributed by atoms with van der Waals surface area (Å²) in [6, 6.07) is 4.02. The standard InChI is InChI=1S/C13H16ClN3O/c1-7-4-9(5-8(2)12(7)18-3)11-13(14)17-10(6-15)16-11/h4-5H,6,15H2,1-3H3,(H,16,17). The molecule has 0 fully saturated rings. The van der Waals surface area contributed by atoms with Gasteiger partial charge in [-0.05, 0) is 37.1 Å². The van der Waals surface area contributed by atoms with Gasteiger partial charge in [0.05, 0.1) is 13.7 Å². The molecule has 0 bridgehead atoms. The van der Waals surface area contributed by atoms with Crippen molar-refractivity contribution in [3.05, 3.63) is 34.2 Å². The number of benzene rings is 1. The minimum absolute atomic E-state index is 0.341. The smallest absolute Gasteiger partial charge is 0.134 e. The van der Waals surface area contributed by atoms with E-state index in [9.17, 15) is 0 Å². The molecule has 0 radical (unpaired) electrons. The Bertz CT molecular complexity index is 555. The highest BCUT2D eigenvalue weighted by Crippen LogP contribution is 2.32. The molecule has 0 saturated carbocycles. The van der Waals surface area contributed by atoms with E-state index in [2.05, 4.69) is 9.97 Å². The van der Waals surface area contributed by atoms with Crippen LogP contribution in [0.5, 0.6) is 5.75 Å². The van der Waals surface area contributed by atoms with Crippen molar-refractivity contribution in [2.45, 2.75) is 20.4 Å². The summed E-state index contributed by atoms with van der Waals surface area (Å²) >= 11 is 6.13. The SMILES string of the molecule is COc1c(C)cc(-c2nc(CN)[nH]c2Cl)cc1C. The van der Waals surface area contributed by atoms with E-state index in [4.69, 9.17) is 22.1 Å². The number of aryl methyl sites for hydroxylation is 2. The molecule has 96 valence electrons. The lowest BCUT2D eigenvalue weighted by Gasteiger charge is -2.10. The number of imidazole rings is 1. The van der Waals surface area contributed by atoms with Gasteiger partial charge in [0.15, 0.2) is 0 Å². The lowest BCUT2D eigenvalue weighted by atomic mass is 10.0. The van der Waals surface area contributed by atoms with Crippen LogP contribution in [0.25, 0.3) is 11.3 Å². The maximum Gasteiger partial charge on any atom is 0.134 e. The molecule has 4 nitrogen and oxygen atoms in total. The molecule has 0 unspecified atom stereocenters. The molecule has 1 heterocycles. The summed E-state index contributed by atoms with van der Waals surface area (Å²) in [5, 5.41) is 0.513. The summed E-state index contributed by atoms with van der Waals surface area (Å²) in [6.45, 7) is 4.34. The van der Waals surface area contributed by atoms with Crippen LogP contribution in [0, 0.1) is 13.8 Å². The van der Waals surface area contributed by atoms with E-state index in [-0.39, 0.29) is 0 Å². The molecule has 2 aromatic rings. The van der Waals surface area contributed by atoms with Crippen LogP contribution in [0.3, 0.4) is 0 Å². The average molecular weight is 266 g/mol. The fourth-order valence-corrected chi connectivity index (χ4v) is 2.36. The molecule has 0 aliphatic heterocycles. The Labute approximate surface area is 111 Å². The van der Waals surface area contributed by atoms with Crippen molar-refractivity contribution in [1.29, 1.82) is 0 Å². The number of nitrogens with one attached hydrogen (secondary N) is 1. The highest BCUT2D eigenvalue weighted by molar-refractivity contribution is 6.31. The van der Waals surface area contributed by atoms with E-state index < -0.39 is 0 Å². The molecule has 1 aromatic carbocycles. The highest BCUT2D eigenvalue weighted by Gasteiger charge is 2.13. The van der Waals surface area contributed by atoms with Crippen LogP contribution in [0.4, 0.5) is 0 Å². The number of hydrogen-bond acceptors (Lipinski definition) is 3. The van der Waals surface area contributed by atoms with Crippen molar-refractivity contribution >= 4 is 11.6 Å². The minimum atomic E-state index is 0.341. The van der Waals surface area contributed by atoms with E-state index in [0.717, 1.165) is 28.1 Å². The molecule has 0 amide bonds. The van der Waals surface area contributed by atoms with Crippen molar-refractivity contribution in [1.82, 2.24) is 9.97 Å². The van der Waals surface area contributed by atoms with Crippen LogP contribution in [0.2, 0.25) is 5.15 Å². The number of methoxy groups -OCH3 is 1. The number of hydrogen-bond donors (Lipinski definition) is 2. The van der Waals surface area contributed by atoms with Crippen molar-refractivity contribution in [2.24, 2.45) is 5.73 Å². The number of rotatable bonds is 3. The van der Waals surface area contributed by atoms with Crippen LogP contribution in [-0.4, -0.2) is 17.1 Å². The van der Waals surface area contributed by atoms with Crippen molar-refractivity contribution < 1.29 is 4.74 Å². The maximum absolute atomic E-state index is 6.13. The molecular formula is C13H16ClN3O. The predicted molar refractivity (Wildman–Crippen MR) is 73.0 cm³/mol. The third kappa shape index (κ3) is 2.21. The number of aromatic amines is 1. The Balaban J connectivity index is 2.54. The first kappa shape index (κ1) is 12.9. The van der Waals surface area contributed by atoms with Gasteiger partial charge in [0.2, 0.25) is 0 Å². The van der Waals surface area contributed by atoms with E-state index in [0.29, 0.717) is 17.5 Å². The molecule has 5 heteroatoms. The lowest BCUT2D eigenvalue weighted by molar-refractivity contribution is 0.408. The summed E-state index contributed by atoms with van der Waals surface area (Å²) < 4.78 is 5.34. The molecule has 0 saturated heterocycles. The van der Waals surface area contributed by atoms with E-state index in [1.807, 2.05) is 26.0 Å². The first-order valence-corrected chi connectivity index (χ1v) is 6.04. The van der Waals surface area contributed by atoms with Crippen LogP contribution in [0.15, 0.2) is 12.1 Å². The molecule has 0 aliphatic rings. The number of nitrogens with zero attached hydrogens (tertiary/aromatic N) is 1. The Morgan fingerprint density at radius 1 is 1.33 bits per heavy atom. The van der Waals surface area contributed by atoms with E-state index in [1.165, 1.54) is 0 Å². The van der Waals surface area contributed by atoms with Crippen LogP contribution in [-0.2, 0) is 6.54 Å². The molecule has 1 aromatic heterocycles. The highest BCUT2D eigenvalue weighted by atomic mass is 35.5. The third-order valence-corrected chi connectivity index (χ3v) is 3.11. The molecule has 18 heavy (non-hydrogen) atoms. The number of nitrogens with two attached hydrogens (primary N) is 1. The number of ether oxygens (including phenoxy) is 1. The molecule has 2 rings (SSSR count). The monoisotopic (exact) mass is 265 g/mol. The van der Waals surface area contributed by atoms with Crippen LogP contribution >= 0.6 is 11.6 Å². The van der Waals surface area contributed by atoms with Gasteiger partial charge in [0, 0.05) is 5.56 Å². The van der Waals surface area contributed by atoms with Gasteiger partial charge in [0.1, 0.15) is 22.4 Å². The number of aromatic nitrogens is 2. The first-order valence-electron chi connectivity index (χ1n) is 5.67. The topological polar surface area (TPSA) is 63.9 Å².